The fraction of sp³-hybridized carbons (Fsp3) is 0.480. The number of nitrogens with zero attached hydrogens (tertiary/aromatic N) is 2. The Labute approximate surface area is 208 Å². The molecule has 1 unspecified atom stereocenters. The first kappa shape index (κ1) is 23.8. The number of H-pyrrole nitrogens is 1. The molecule has 5 heterocycles. The Morgan fingerprint density at radius 2 is 1.82 bits per heavy atom. The molecule has 6 rings (SSSR count). The summed E-state index contributed by atoms with van der Waals surface area (Å²) in [6.45, 7) is 6.82. The molecule has 1 aromatic carbocycles. The SMILES string of the molecule is CC.O[C@@H]1CO[C@H]2C1OC[C@H]2Oc1cc2nc(-c3ccc(N4CCSCC4)cc3)c(Cl)cc2[nH]1. The number of benzene rings is 1. The maximum absolute atomic E-state index is 9.92. The van der Waals surface area contributed by atoms with Crippen LogP contribution in [-0.2, 0) is 9.47 Å². The van der Waals surface area contributed by atoms with Crippen LogP contribution in [0.2, 0.25) is 5.02 Å². The number of aromatic amines is 1. The highest BCUT2D eigenvalue weighted by molar-refractivity contribution is 7.99. The van der Waals surface area contributed by atoms with E-state index in [1.807, 2.05) is 37.7 Å². The highest BCUT2D eigenvalue weighted by Crippen LogP contribution is 2.34. The molecule has 3 aliphatic heterocycles. The molecule has 2 aromatic heterocycles. The molecule has 0 bridgehead atoms. The van der Waals surface area contributed by atoms with Gasteiger partial charge in [0.2, 0.25) is 0 Å². The second-order valence-electron chi connectivity index (χ2n) is 8.35. The van der Waals surface area contributed by atoms with E-state index in [9.17, 15) is 5.11 Å². The van der Waals surface area contributed by atoms with Crippen molar-refractivity contribution < 1.29 is 19.3 Å². The van der Waals surface area contributed by atoms with Crippen LogP contribution in [0.25, 0.3) is 22.3 Å². The van der Waals surface area contributed by atoms with Crippen LogP contribution in [0.15, 0.2) is 36.4 Å². The third-order valence-electron chi connectivity index (χ3n) is 6.31. The highest BCUT2D eigenvalue weighted by Gasteiger charge is 2.48. The summed E-state index contributed by atoms with van der Waals surface area (Å²) in [6.07, 6.45) is -1.46. The van der Waals surface area contributed by atoms with Crippen molar-refractivity contribution >= 4 is 40.1 Å². The quantitative estimate of drug-likeness (QED) is 0.547. The zero-order valence-corrected chi connectivity index (χ0v) is 20.9. The number of nitrogens with one attached hydrogen (secondary N) is 1. The molecule has 0 amide bonds. The third-order valence-corrected chi connectivity index (χ3v) is 7.54. The van der Waals surface area contributed by atoms with Gasteiger partial charge in [0.25, 0.3) is 0 Å². The molecule has 0 aliphatic carbocycles. The molecule has 7 nitrogen and oxygen atoms in total. The Morgan fingerprint density at radius 1 is 1.09 bits per heavy atom. The van der Waals surface area contributed by atoms with Crippen molar-refractivity contribution in [3.8, 4) is 17.1 Å². The van der Waals surface area contributed by atoms with E-state index in [-0.39, 0.29) is 24.9 Å². The first-order valence-electron chi connectivity index (χ1n) is 11.9. The van der Waals surface area contributed by atoms with Crippen LogP contribution in [0.5, 0.6) is 5.88 Å². The van der Waals surface area contributed by atoms with Gasteiger partial charge in [0.1, 0.15) is 18.3 Å². The smallest absolute Gasteiger partial charge is 0.193 e. The minimum atomic E-state index is -0.598. The Hall–Kier alpha value is -1.97. The fourth-order valence-electron chi connectivity index (χ4n) is 4.63. The first-order valence-corrected chi connectivity index (χ1v) is 13.4. The van der Waals surface area contributed by atoms with Gasteiger partial charge in [-0.2, -0.15) is 11.8 Å². The van der Waals surface area contributed by atoms with Crippen molar-refractivity contribution in [3.63, 3.8) is 0 Å². The minimum Gasteiger partial charge on any atom is -0.470 e. The van der Waals surface area contributed by atoms with Crippen molar-refractivity contribution in [1.29, 1.82) is 0 Å². The molecular weight excluding hydrogens is 474 g/mol. The van der Waals surface area contributed by atoms with Crippen molar-refractivity contribution in [2.24, 2.45) is 0 Å². The second kappa shape index (κ2) is 10.3. The summed E-state index contributed by atoms with van der Waals surface area (Å²) in [6, 6.07) is 12.2. The zero-order chi connectivity index (χ0) is 23.7. The summed E-state index contributed by atoms with van der Waals surface area (Å²) >= 11 is 8.60. The van der Waals surface area contributed by atoms with Gasteiger partial charge in [-0.05, 0) is 18.2 Å². The topological polar surface area (TPSA) is 79.8 Å². The number of halogens is 1. The van der Waals surface area contributed by atoms with Crippen LogP contribution in [0.4, 0.5) is 5.69 Å². The Kier molecular flexibility index (Phi) is 7.22. The van der Waals surface area contributed by atoms with Crippen molar-refractivity contribution in [3.05, 3.63) is 41.4 Å². The lowest BCUT2D eigenvalue weighted by atomic mass is 10.1. The number of rotatable bonds is 4. The number of aromatic nitrogens is 2. The van der Waals surface area contributed by atoms with Gasteiger partial charge in [-0.1, -0.05) is 37.6 Å². The number of ether oxygens (including phenoxy) is 3. The van der Waals surface area contributed by atoms with E-state index < -0.39 is 6.10 Å². The number of aliphatic hydroxyl groups excluding tert-OH is 1. The van der Waals surface area contributed by atoms with Gasteiger partial charge in [-0.3, -0.25) is 0 Å². The average molecular weight is 504 g/mol. The number of thioether (sulfide) groups is 1. The van der Waals surface area contributed by atoms with E-state index in [2.05, 4.69) is 34.1 Å². The van der Waals surface area contributed by atoms with Crippen LogP contribution < -0.4 is 9.64 Å². The monoisotopic (exact) mass is 503 g/mol. The Bertz CT molecular complexity index is 1120. The molecule has 34 heavy (non-hydrogen) atoms. The first-order chi connectivity index (χ1) is 16.7. The summed E-state index contributed by atoms with van der Waals surface area (Å²) in [7, 11) is 0. The summed E-state index contributed by atoms with van der Waals surface area (Å²) in [5.74, 6) is 2.92. The number of hydrogen-bond donors (Lipinski definition) is 2. The van der Waals surface area contributed by atoms with Crippen LogP contribution in [0, 0.1) is 0 Å². The van der Waals surface area contributed by atoms with E-state index in [1.165, 1.54) is 17.2 Å². The summed E-state index contributed by atoms with van der Waals surface area (Å²) < 4.78 is 17.4. The lowest BCUT2D eigenvalue weighted by molar-refractivity contribution is 0.00794. The molecule has 9 heteroatoms. The van der Waals surface area contributed by atoms with Gasteiger partial charge in [0.15, 0.2) is 12.0 Å². The van der Waals surface area contributed by atoms with Gasteiger partial charge in [-0.15, -0.1) is 0 Å². The molecule has 3 aliphatic rings. The Morgan fingerprint density at radius 3 is 2.59 bits per heavy atom. The largest absolute Gasteiger partial charge is 0.470 e. The van der Waals surface area contributed by atoms with Crippen molar-refractivity contribution in [2.75, 3.05) is 42.7 Å². The lowest BCUT2D eigenvalue weighted by Crippen LogP contribution is -2.34. The number of fused-ring (bicyclic) bond motifs is 2. The highest BCUT2D eigenvalue weighted by atomic mass is 35.5. The Balaban J connectivity index is 0.00000117. The molecule has 2 N–H and O–H groups in total. The molecule has 3 fully saturated rings. The van der Waals surface area contributed by atoms with Crippen LogP contribution in [0.3, 0.4) is 0 Å². The van der Waals surface area contributed by atoms with E-state index in [1.54, 1.807) is 0 Å². The maximum Gasteiger partial charge on any atom is 0.193 e. The van der Waals surface area contributed by atoms with E-state index in [0.29, 0.717) is 17.5 Å². The van der Waals surface area contributed by atoms with Crippen LogP contribution in [0.1, 0.15) is 13.8 Å². The third kappa shape index (κ3) is 4.62. The zero-order valence-electron chi connectivity index (χ0n) is 19.4. The molecule has 3 saturated heterocycles. The van der Waals surface area contributed by atoms with Crippen LogP contribution >= 0.6 is 23.4 Å². The number of aliphatic hydroxyl groups is 1. The lowest BCUT2D eigenvalue weighted by Gasteiger charge is -2.28. The maximum atomic E-state index is 9.92. The van der Waals surface area contributed by atoms with Gasteiger partial charge >= 0.3 is 0 Å². The molecule has 0 saturated carbocycles. The molecule has 182 valence electrons. The number of anilines is 1. The molecule has 3 aromatic rings. The summed E-state index contributed by atoms with van der Waals surface area (Å²) in [5.41, 5.74) is 4.55. The predicted molar refractivity (Wildman–Crippen MR) is 137 cm³/mol. The average Bonchev–Trinajstić information content (AvgIpc) is 3.57. The fourth-order valence-corrected chi connectivity index (χ4v) is 5.80. The van der Waals surface area contributed by atoms with Gasteiger partial charge in [-0.25, -0.2) is 4.98 Å². The second-order valence-corrected chi connectivity index (χ2v) is 9.98. The van der Waals surface area contributed by atoms with E-state index in [0.717, 1.165) is 35.4 Å². The normalized spacial score (nSPS) is 26.3. The standard InChI is InChI=1S/C23H24ClN3O4S.C2H6/c24-15-9-16-17(10-20(25-16)31-19-12-30-22-18(28)11-29-23(19)22)26-21(15)13-1-3-14(4-2-13)27-5-7-32-8-6-27;1-2/h1-4,9-10,18-19,22-23,25,28H,5-8,11-12H2;1-2H3/t18-,19-,22?,23-;/m1./s1. The predicted octanol–water partition coefficient (Wildman–Crippen LogP) is 4.37. The molecule has 0 spiro atoms. The van der Waals surface area contributed by atoms with Gasteiger partial charge in [0, 0.05) is 41.9 Å². The van der Waals surface area contributed by atoms with Crippen LogP contribution in [-0.4, -0.2) is 77.3 Å². The molecule has 4 atom stereocenters. The van der Waals surface area contributed by atoms with E-state index >= 15 is 0 Å². The van der Waals surface area contributed by atoms with Gasteiger partial charge in [0.05, 0.1) is 35.0 Å². The number of hydrogen-bond acceptors (Lipinski definition) is 7. The van der Waals surface area contributed by atoms with Crippen molar-refractivity contribution in [1.82, 2.24) is 9.97 Å². The molecular formula is C25H30ClN3O4S. The van der Waals surface area contributed by atoms with Crippen molar-refractivity contribution in [2.45, 2.75) is 38.3 Å². The number of pyridine rings is 1. The summed E-state index contributed by atoms with van der Waals surface area (Å²) in [4.78, 5) is 10.4. The molecule has 0 radical (unpaired) electrons. The summed E-state index contributed by atoms with van der Waals surface area (Å²) in [5, 5.41) is 10.5. The van der Waals surface area contributed by atoms with Gasteiger partial charge < -0.3 is 29.2 Å². The van der Waals surface area contributed by atoms with E-state index in [4.69, 9.17) is 30.8 Å². The minimum absolute atomic E-state index is 0.263.